The Bertz CT molecular complexity index is 103. The molecule has 0 aromatic carbocycles. The second-order valence-corrected chi connectivity index (χ2v) is 3.09. The highest BCUT2D eigenvalue weighted by Gasteiger charge is 2.14. The van der Waals surface area contributed by atoms with E-state index in [2.05, 4.69) is 26.0 Å². The van der Waals surface area contributed by atoms with Gasteiger partial charge in [-0.3, -0.25) is 0 Å². The van der Waals surface area contributed by atoms with Crippen LogP contribution in [0.5, 0.6) is 0 Å². The zero-order chi connectivity index (χ0) is 6.69. The first-order chi connectivity index (χ1) is 4.34. The SMILES string of the molecule is CCC1CC=CC[C@H]1C. The van der Waals surface area contributed by atoms with Crippen molar-refractivity contribution < 1.29 is 0 Å². The van der Waals surface area contributed by atoms with Crippen molar-refractivity contribution in [2.45, 2.75) is 33.1 Å². The van der Waals surface area contributed by atoms with E-state index in [1.807, 2.05) is 0 Å². The van der Waals surface area contributed by atoms with Gasteiger partial charge in [-0.15, -0.1) is 0 Å². The standard InChI is InChI=1S/C9H16/c1-3-9-7-5-4-6-8(9)2/h4-5,8-9H,3,6-7H2,1-2H3/t8-,9?/m1/s1. The summed E-state index contributed by atoms with van der Waals surface area (Å²) >= 11 is 0. The fourth-order valence-corrected chi connectivity index (χ4v) is 1.58. The van der Waals surface area contributed by atoms with Crippen molar-refractivity contribution in [3.05, 3.63) is 12.2 Å². The van der Waals surface area contributed by atoms with Gasteiger partial charge in [-0.05, 0) is 24.7 Å². The highest BCUT2D eigenvalue weighted by Crippen LogP contribution is 2.26. The second-order valence-electron chi connectivity index (χ2n) is 3.09. The van der Waals surface area contributed by atoms with Crippen LogP contribution in [0.4, 0.5) is 0 Å². The highest BCUT2D eigenvalue weighted by molar-refractivity contribution is 4.92. The van der Waals surface area contributed by atoms with Gasteiger partial charge in [0.1, 0.15) is 0 Å². The van der Waals surface area contributed by atoms with Crippen molar-refractivity contribution in [2.24, 2.45) is 11.8 Å². The quantitative estimate of drug-likeness (QED) is 0.471. The molecule has 0 saturated carbocycles. The molecular formula is C9H16. The fourth-order valence-electron chi connectivity index (χ4n) is 1.58. The van der Waals surface area contributed by atoms with Crippen molar-refractivity contribution in [1.82, 2.24) is 0 Å². The first-order valence-electron chi connectivity index (χ1n) is 3.99. The third-order valence-corrected chi connectivity index (χ3v) is 2.44. The molecule has 0 aliphatic heterocycles. The van der Waals surface area contributed by atoms with Crippen LogP contribution in [0.15, 0.2) is 12.2 Å². The lowest BCUT2D eigenvalue weighted by Gasteiger charge is -2.23. The Labute approximate surface area is 58.0 Å². The molecule has 0 amide bonds. The maximum atomic E-state index is 2.36. The van der Waals surface area contributed by atoms with E-state index in [0.717, 1.165) is 11.8 Å². The maximum absolute atomic E-state index is 2.36. The minimum Gasteiger partial charge on any atom is -0.0883 e. The van der Waals surface area contributed by atoms with E-state index in [4.69, 9.17) is 0 Å². The molecule has 0 heterocycles. The molecule has 1 aliphatic rings. The monoisotopic (exact) mass is 124 g/mol. The molecule has 0 heteroatoms. The largest absolute Gasteiger partial charge is 0.0883 e. The van der Waals surface area contributed by atoms with Gasteiger partial charge in [0.15, 0.2) is 0 Å². The Kier molecular flexibility index (Phi) is 2.32. The van der Waals surface area contributed by atoms with Gasteiger partial charge in [-0.25, -0.2) is 0 Å². The number of hydrogen-bond acceptors (Lipinski definition) is 0. The molecule has 0 spiro atoms. The van der Waals surface area contributed by atoms with Crippen LogP contribution in [-0.2, 0) is 0 Å². The van der Waals surface area contributed by atoms with Crippen LogP contribution in [-0.4, -0.2) is 0 Å². The van der Waals surface area contributed by atoms with Gasteiger partial charge >= 0.3 is 0 Å². The van der Waals surface area contributed by atoms with Crippen LogP contribution in [0.3, 0.4) is 0 Å². The lowest BCUT2D eigenvalue weighted by atomic mass is 9.83. The Hall–Kier alpha value is -0.260. The highest BCUT2D eigenvalue weighted by atomic mass is 14.2. The molecule has 0 nitrogen and oxygen atoms in total. The van der Waals surface area contributed by atoms with Crippen LogP contribution in [0.1, 0.15) is 33.1 Å². The zero-order valence-corrected chi connectivity index (χ0v) is 6.43. The number of rotatable bonds is 1. The summed E-state index contributed by atoms with van der Waals surface area (Å²) in [5, 5.41) is 0. The molecule has 0 bridgehead atoms. The molecule has 1 unspecified atom stereocenters. The molecule has 52 valence electrons. The van der Waals surface area contributed by atoms with Crippen molar-refractivity contribution in [3.8, 4) is 0 Å². The van der Waals surface area contributed by atoms with Crippen LogP contribution >= 0.6 is 0 Å². The molecule has 2 atom stereocenters. The topological polar surface area (TPSA) is 0 Å². The minimum absolute atomic E-state index is 0.931. The Morgan fingerprint density at radius 1 is 1.33 bits per heavy atom. The van der Waals surface area contributed by atoms with Crippen LogP contribution in [0, 0.1) is 11.8 Å². The van der Waals surface area contributed by atoms with Crippen molar-refractivity contribution in [2.75, 3.05) is 0 Å². The summed E-state index contributed by atoms with van der Waals surface area (Å²) < 4.78 is 0. The molecule has 0 fully saturated rings. The molecule has 0 saturated heterocycles. The molecule has 1 aliphatic carbocycles. The van der Waals surface area contributed by atoms with E-state index in [0.29, 0.717) is 0 Å². The second kappa shape index (κ2) is 3.05. The van der Waals surface area contributed by atoms with E-state index in [9.17, 15) is 0 Å². The molecule has 0 radical (unpaired) electrons. The fraction of sp³-hybridized carbons (Fsp3) is 0.778. The maximum Gasteiger partial charge on any atom is -0.0320 e. The Balaban J connectivity index is 2.43. The van der Waals surface area contributed by atoms with E-state index < -0.39 is 0 Å². The van der Waals surface area contributed by atoms with Gasteiger partial charge in [0.05, 0.1) is 0 Å². The molecule has 1 rings (SSSR count). The number of hydrogen-bond donors (Lipinski definition) is 0. The van der Waals surface area contributed by atoms with Gasteiger partial charge in [0.25, 0.3) is 0 Å². The molecule has 0 aromatic rings. The van der Waals surface area contributed by atoms with Crippen LogP contribution in [0.25, 0.3) is 0 Å². The van der Waals surface area contributed by atoms with Gasteiger partial charge in [-0.1, -0.05) is 32.4 Å². The third kappa shape index (κ3) is 1.57. The van der Waals surface area contributed by atoms with E-state index in [-0.39, 0.29) is 0 Å². The summed E-state index contributed by atoms with van der Waals surface area (Å²) in [5.74, 6) is 1.90. The summed E-state index contributed by atoms with van der Waals surface area (Å²) in [6.45, 7) is 4.65. The molecule has 9 heavy (non-hydrogen) atoms. The third-order valence-electron chi connectivity index (χ3n) is 2.44. The van der Waals surface area contributed by atoms with Crippen molar-refractivity contribution in [3.63, 3.8) is 0 Å². The van der Waals surface area contributed by atoms with Gasteiger partial charge in [0, 0.05) is 0 Å². The summed E-state index contributed by atoms with van der Waals surface area (Å²) in [6, 6.07) is 0. The summed E-state index contributed by atoms with van der Waals surface area (Å²) in [6.07, 6.45) is 8.62. The zero-order valence-electron chi connectivity index (χ0n) is 6.43. The molecule has 0 N–H and O–H groups in total. The summed E-state index contributed by atoms with van der Waals surface area (Å²) in [4.78, 5) is 0. The average Bonchev–Trinajstić information content (AvgIpc) is 1.89. The van der Waals surface area contributed by atoms with Gasteiger partial charge < -0.3 is 0 Å². The first-order valence-corrected chi connectivity index (χ1v) is 3.99. The summed E-state index contributed by atoms with van der Waals surface area (Å²) in [7, 11) is 0. The van der Waals surface area contributed by atoms with Crippen LogP contribution < -0.4 is 0 Å². The predicted octanol–water partition coefficient (Wildman–Crippen LogP) is 3.00. The molecular weight excluding hydrogens is 108 g/mol. The first kappa shape index (κ1) is 6.85. The normalized spacial score (nSPS) is 34.9. The van der Waals surface area contributed by atoms with Crippen molar-refractivity contribution in [1.29, 1.82) is 0 Å². The van der Waals surface area contributed by atoms with E-state index in [1.165, 1.54) is 19.3 Å². The molecule has 0 aromatic heterocycles. The van der Waals surface area contributed by atoms with Crippen LogP contribution in [0.2, 0.25) is 0 Å². The van der Waals surface area contributed by atoms with Gasteiger partial charge in [-0.2, -0.15) is 0 Å². The predicted molar refractivity (Wildman–Crippen MR) is 41.3 cm³/mol. The summed E-state index contributed by atoms with van der Waals surface area (Å²) in [5.41, 5.74) is 0. The van der Waals surface area contributed by atoms with Crippen molar-refractivity contribution >= 4 is 0 Å². The van der Waals surface area contributed by atoms with E-state index in [1.54, 1.807) is 0 Å². The average molecular weight is 124 g/mol. The minimum atomic E-state index is 0.931. The van der Waals surface area contributed by atoms with E-state index >= 15 is 0 Å². The lowest BCUT2D eigenvalue weighted by molar-refractivity contribution is 0.339. The van der Waals surface area contributed by atoms with Gasteiger partial charge in [0.2, 0.25) is 0 Å². The lowest BCUT2D eigenvalue weighted by Crippen LogP contribution is -2.11. The number of allylic oxidation sites excluding steroid dienone is 2. The smallest absolute Gasteiger partial charge is 0.0320 e. The Morgan fingerprint density at radius 3 is 2.44 bits per heavy atom. The Morgan fingerprint density at radius 2 is 2.00 bits per heavy atom.